The van der Waals surface area contributed by atoms with Gasteiger partial charge in [-0.05, 0) is 32.8 Å². The van der Waals surface area contributed by atoms with Crippen molar-refractivity contribution in [3.05, 3.63) is 51.1 Å². The van der Waals surface area contributed by atoms with Crippen molar-refractivity contribution in [3.63, 3.8) is 0 Å². The third kappa shape index (κ3) is 2.91. The molecule has 0 saturated heterocycles. The summed E-state index contributed by atoms with van der Waals surface area (Å²) in [6, 6.07) is 7.91. The van der Waals surface area contributed by atoms with E-state index in [4.69, 9.17) is 4.98 Å². The predicted molar refractivity (Wildman–Crippen MR) is 100 cm³/mol. The topological polar surface area (TPSA) is 54.9 Å². The molecule has 4 nitrogen and oxygen atoms in total. The number of anilines is 1. The molecule has 0 spiro atoms. The van der Waals surface area contributed by atoms with Crippen LogP contribution in [0.4, 0.5) is 5.69 Å². The number of amides is 1. The Hall–Kier alpha value is -2.27. The monoisotopic (exact) mass is 339 g/mol. The fourth-order valence-corrected chi connectivity index (χ4v) is 3.92. The maximum absolute atomic E-state index is 12.8. The van der Waals surface area contributed by atoms with Crippen molar-refractivity contribution in [1.82, 2.24) is 9.97 Å². The summed E-state index contributed by atoms with van der Waals surface area (Å²) in [4.78, 5) is 22.8. The Bertz CT molecular complexity index is 928. The number of hydrogen-bond donors (Lipinski definition) is 1. The molecule has 0 saturated carbocycles. The highest BCUT2D eigenvalue weighted by Gasteiger charge is 2.20. The zero-order chi connectivity index (χ0) is 17.4. The van der Waals surface area contributed by atoms with E-state index in [9.17, 15) is 4.79 Å². The van der Waals surface area contributed by atoms with E-state index in [1.165, 1.54) is 0 Å². The van der Waals surface area contributed by atoms with E-state index in [2.05, 4.69) is 24.1 Å². The standard InChI is InChI=1S/C19H21N3OS/c1-10(2)16-11(3)20-15-9-7-6-8-14(15)18(16)22-19(23)17-12(4)24-13(5)21-17/h6-10H,1-5H3,(H,20,22,23). The lowest BCUT2D eigenvalue weighted by Crippen LogP contribution is -2.16. The quantitative estimate of drug-likeness (QED) is 0.731. The molecule has 0 aliphatic heterocycles. The second-order valence-corrected chi connectivity index (χ2v) is 7.66. The van der Waals surface area contributed by atoms with Crippen LogP contribution in [0.1, 0.15) is 51.4 Å². The summed E-state index contributed by atoms with van der Waals surface area (Å²) in [5, 5.41) is 4.97. The van der Waals surface area contributed by atoms with Crippen molar-refractivity contribution in [2.24, 2.45) is 0 Å². The fraction of sp³-hybridized carbons (Fsp3) is 0.316. The fourth-order valence-electron chi connectivity index (χ4n) is 3.10. The van der Waals surface area contributed by atoms with Crippen LogP contribution in [-0.2, 0) is 0 Å². The minimum Gasteiger partial charge on any atom is -0.320 e. The Balaban J connectivity index is 2.15. The Morgan fingerprint density at radius 1 is 1.12 bits per heavy atom. The summed E-state index contributed by atoms with van der Waals surface area (Å²) in [6.45, 7) is 10.1. The molecule has 0 fully saturated rings. The molecule has 1 aromatic carbocycles. The lowest BCUT2D eigenvalue weighted by Gasteiger charge is -2.18. The molecule has 3 rings (SSSR count). The van der Waals surface area contributed by atoms with Gasteiger partial charge in [-0.15, -0.1) is 11.3 Å². The number of thiazole rings is 1. The molecule has 5 heteroatoms. The molecule has 1 amide bonds. The number of aromatic nitrogens is 2. The minimum atomic E-state index is -0.158. The van der Waals surface area contributed by atoms with E-state index >= 15 is 0 Å². The zero-order valence-corrected chi connectivity index (χ0v) is 15.4. The van der Waals surface area contributed by atoms with Crippen LogP contribution in [0, 0.1) is 20.8 Å². The van der Waals surface area contributed by atoms with Crippen molar-refractivity contribution in [2.45, 2.75) is 40.5 Å². The smallest absolute Gasteiger partial charge is 0.275 e. The second-order valence-electron chi connectivity index (χ2n) is 6.25. The number of nitrogens with zero attached hydrogens (tertiary/aromatic N) is 2. The summed E-state index contributed by atoms with van der Waals surface area (Å²) in [7, 11) is 0. The van der Waals surface area contributed by atoms with Gasteiger partial charge in [-0.3, -0.25) is 9.78 Å². The van der Waals surface area contributed by atoms with Gasteiger partial charge in [0.05, 0.1) is 16.2 Å². The number of hydrogen-bond acceptors (Lipinski definition) is 4. The van der Waals surface area contributed by atoms with Crippen LogP contribution in [0.3, 0.4) is 0 Å². The number of rotatable bonds is 3. The predicted octanol–water partition coefficient (Wildman–Crippen LogP) is 4.99. The zero-order valence-electron chi connectivity index (χ0n) is 14.6. The molecule has 3 aromatic rings. The van der Waals surface area contributed by atoms with Gasteiger partial charge in [0.15, 0.2) is 0 Å². The van der Waals surface area contributed by atoms with Crippen molar-refractivity contribution >= 4 is 33.8 Å². The van der Waals surface area contributed by atoms with Gasteiger partial charge >= 0.3 is 0 Å². The molecule has 1 N–H and O–H groups in total. The molecule has 0 bridgehead atoms. The van der Waals surface area contributed by atoms with E-state index in [1.54, 1.807) is 11.3 Å². The molecule has 0 atom stereocenters. The molecular formula is C19H21N3OS. The first-order valence-electron chi connectivity index (χ1n) is 8.03. The lowest BCUT2D eigenvalue weighted by molar-refractivity contribution is 0.102. The van der Waals surface area contributed by atoms with E-state index in [-0.39, 0.29) is 11.8 Å². The van der Waals surface area contributed by atoms with Gasteiger partial charge in [-0.2, -0.15) is 0 Å². The highest BCUT2D eigenvalue weighted by Crippen LogP contribution is 2.34. The van der Waals surface area contributed by atoms with Gasteiger partial charge in [-0.25, -0.2) is 4.98 Å². The average molecular weight is 339 g/mol. The Morgan fingerprint density at radius 2 is 1.83 bits per heavy atom. The minimum absolute atomic E-state index is 0.158. The number of para-hydroxylation sites is 1. The Labute approximate surface area is 146 Å². The summed E-state index contributed by atoms with van der Waals surface area (Å²) in [5.74, 6) is 0.102. The van der Waals surface area contributed by atoms with Crippen molar-refractivity contribution < 1.29 is 4.79 Å². The third-order valence-corrected chi connectivity index (χ3v) is 4.94. The number of benzene rings is 1. The number of nitrogens with one attached hydrogen (secondary N) is 1. The van der Waals surface area contributed by atoms with Crippen LogP contribution < -0.4 is 5.32 Å². The largest absolute Gasteiger partial charge is 0.320 e. The molecule has 2 heterocycles. The molecule has 0 aliphatic rings. The normalized spacial score (nSPS) is 11.2. The highest BCUT2D eigenvalue weighted by molar-refractivity contribution is 7.11. The number of pyridine rings is 1. The van der Waals surface area contributed by atoms with Crippen LogP contribution >= 0.6 is 11.3 Å². The maximum atomic E-state index is 12.8. The van der Waals surface area contributed by atoms with Crippen LogP contribution in [-0.4, -0.2) is 15.9 Å². The van der Waals surface area contributed by atoms with Crippen LogP contribution in [0.2, 0.25) is 0 Å². The lowest BCUT2D eigenvalue weighted by atomic mass is 9.96. The first kappa shape index (κ1) is 16.6. The molecule has 0 radical (unpaired) electrons. The summed E-state index contributed by atoms with van der Waals surface area (Å²) >= 11 is 1.54. The third-order valence-electron chi connectivity index (χ3n) is 4.06. The number of fused-ring (bicyclic) bond motifs is 1. The van der Waals surface area contributed by atoms with E-state index in [1.807, 2.05) is 45.0 Å². The van der Waals surface area contributed by atoms with E-state index < -0.39 is 0 Å². The van der Waals surface area contributed by atoms with Crippen molar-refractivity contribution in [3.8, 4) is 0 Å². The molecule has 0 aliphatic carbocycles. The summed E-state index contributed by atoms with van der Waals surface area (Å²) in [5.41, 5.74) is 4.27. The molecule has 124 valence electrons. The molecule has 2 aromatic heterocycles. The number of carbonyl (C=O) groups is 1. The van der Waals surface area contributed by atoms with Crippen LogP contribution in [0.25, 0.3) is 10.9 Å². The first-order chi connectivity index (χ1) is 11.4. The van der Waals surface area contributed by atoms with Gasteiger partial charge in [0.2, 0.25) is 0 Å². The van der Waals surface area contributed by atoms with E-state index in [0.29, 0.717) is 5.69 Å². The molecule has 24 heavy (non-hydrogen) atoms. The van der Waals surface area contributed by atoms with Gasteiger partial charge in [-0.1, -0.05) is 32.0 Å². The first-order valence-corrected chi connectivity index (χ1v) is 8.84. The second kappa shape index (κ2) is 6.32. The van der Waals surface area contributed by atoms with Crippen molar-refractivity contribution in [1.29, 1.82) is 0 Å². The van der Waals surface area contributed by atoms with E-state index in [0.717, 1.165) is 37.7 Å². The maximum Gasteiger partial charge on any atom is 0.275 e. The van der Waals surface area contributed by atoms with Gasteiger partial charge in [0, 0.05) is 21.5 Å². The molecule has 0 unspecified atom stereocenters. The summed E-state index contributed by atoms with van der Waals surface area (Å²) < 4.78 is 0. The SMILES string of the molecule is Cc1nc(C(=O)Nc2c(C(C)C)c(C)nc3ccccc23)c(C)s1. The average Bonchev–Trinajstić information content (AvgIpc) is 2.85. The Morgan fingerprint density at radius 3 is 2.46 bits per heavy atom. The Kier molecular flexibility index (Phi) is 4.37. The van der Waals surface area contributed by atoms with Gasteiger partial charge < -0.3 is 5.32 Å². The van der Waals surface area contributed by atoms with Gasteiger partial charge in [0.25, 0.3) is 5.91 Å². The molecular weight excluding hydrogens is 318 g/mol. The van der Waals surface area contributed by atoms with Crippen LogP contribution in [0.5, 0.6) is 0 Å². The van der Waals surface area contributed by atoms with Crippen LogP contribution in [0.15, 0.2) is 24.3 Å². The highest BCUT2D eigenvalue weighted by atomic mass is 32.1. The number of carbonyl (C=O) groups excluding carboxylic acids is 1. The summed E-state index contributed by atoms with van der Waals surface area (Å²) in [6.07, 6.45) is 0. The number of aryl methyl sites for hydroxylation is 3. The van der Waals surface area contributed by atoms with Crippen molar-refractivity contribution in [2.75, 3.05) is 5.32 Å². The van der Waals surface area contributed by atoms with Gasteiger partial charge in [0.1, 0.15) is 5.69 Å².